The van der Waals surface area contributed by atoms with Gasteiger partial charge in [-0.05, 0) is 32.0 Å². The number of hydrogen-bond acceptors (Lipinski definition) is 4. The predicted octanol–water partition coefficient (Wildman–Crippen LogP) is 1.59. The number of benzene rings is 1. The third-order valence-corrected chi connectivity index (χ3v) is 4.18. The van der Waals surface area contributed by atoms with Gasteiger partial charge in [-0.1, -0.05) is 30.3 Å². The predicted molar refractivity (Wildman–Crippen MR) is 85.3 cm³/mol. The zero-order valence-corrected chi connectivity index (χ0v) is 13.1. The summed E-state index contributed by atoms with van der Waals surface area (Å²) in [5.41, 5.74) is 1.40. The summed E-state index contributed by atoms with van der Waals surface area (Å²) in [6.45, 7) is 5.56. The van der Waals surface area contributed by atoms with Gasteiger partial charge >= 0.3 is 0 Å². The van der Waals surface area contributed by atoms with Gasteiger partial charge in [0.1, 0.15) is 0 Å². The second kappa shape index (κ2) is 9.15. The van der Waals surface area contributed by atoms with Crippen molar-refractivity contribution < 1.29 is 9.84 Å². The Bertz CT molecular complexity index is 386. The molecule has 1 aliphatic heterocycles. The normalized spacial score (nSPS) is 20.0. The van der Waals surface area contributed by atoms with E-state index in [-0.39, 0.29) is 6.61 Å². The van der Waals surface area contributed by atoms with E-state index in [0.717, 1.165) is 19.6 Å². The fourth-order valence-electron chi connectivity index (χ4n) is 2.93. The number of aliphatic hydroxyl groups is 1. The number of likely N-dealkylation sites (tertiary alicyclic amines) is 1. The number of likely N-dealkylation sites (N-methyl/N-ethyl adjacent to an activating group) is 1. The van der Waals surface area contributed by atoms with Gasteiger partial charge in [0, 0.05) is 25.7 Å². The van der Waals surface area contributed by atoms with Crippen LogP contribution in [0.4, 0.5) is 0 Å². The quantitative estimate of drug-likeness (QED) is 0.738. The van der Waals surface area contributed by atoms with Crippen molar-refractivity contribution in [3.63, 3.8) is 0 Å². The van der Waals surface area contributed by atoms with E-state index in [2.05, 4.69) is 47.2 Å². The maximum Gasteiger partial charge on any atom is 0.0698 e. The second-order valence-corrected chi connectivity index (χ2v) is 5.83. The molecule has 0 saturated carbocycles. The van der Waals surface area contributed by atoms with Crippen molar-refractivity contribution in [1.82, 2.24) is 9.80 Å². The van der Waals surface area contributed by atoms with Crippen molar-refractivity contribution in [2.45, 2.75) is 25.4 Å². The van der Waals surface area contributed by atoms with Gasteiger partial charge in [0.2, 0.25) is 0 Å². The van der Waals surface area contributed by atoms with Crippen LogP contribution in [0.3, 0.4) is 0 Å². The molecule has 0 aromatic heterocycles. The van der Waals surface area contributed by atoms with Crippen LogP contribution in [0, 0.1) is 0 Å². The molecule has 1 fully saturated rings. The molecule has 4 heteroatoms. The van der Waals surface area contributed by atoms with Gasteiger partial charge in [-0.25, -0.2) is 0 Å². The molecule has 21 heavy (non-hydrogen) atoms. The lowest BCUT2D eigenvalue weighted by Gasteiger charge is -2.37. The molecule has 1 saturated heterocycles. The number of aliphatic hydroxyl groups excluding tert-OH is 1. The average molecular weight is 292 g/mol. The molecule has 4 nitrogen and oxygen atoms in total. The highest BCUT2D eigenvalue weighted by Gasteiger charge is 2.22. The molecule has 118 valence electrons. The van der Waals surface area contributed by atoms with Crippen molar-refractivity contribution in [1.29, 1.82) is 0 Å². The molecule has 0 aliphatic carbocycles. The molecular formula is C17H28N2O2. The molecule has 0 bridgehead atoms. The Hall–Kier alpha value is -0.940. The van der Waals surface area contributed by atoms with Gasteiger partial charge in [0.25, 0.3) is 0 Å². The lowest BCUT2D eigenvalue weighted by molar-refractivity contribution is 0.0538. The summed E-state index contributed by atoms with van der Waals surface area (Å²) in [6.07, 6.45) is 2.53. The van der Waals surface area contributed by atoms with E-state index in [1.165, 1.54) is 24.9 Å². The summed E-state index contributed by atoms with van der Waals surface area (Å²) in [7, 11) is 2.18. The first kappa shape index (κ1) is 16.4. The molecule has 0 spiro atoms. The van der Waals surface area contributed by atoms with Gasteiger partial charge in [0.15, 0.2) is 0 Å². The zero-order valence-electron chi connectivity index (χ0n) is 13.1. The van der Waals surface area contributed by atoms with E-state index in [0.29, 0.717) is 19.3 Å². The molecule has 1 aliphatic rings. The Morgan fingerprint density at radius 1 is 1.29 bits per heavy atom. The van der Waals surface area contributed by atoms with Crippen LogP contribution in [0.15, 0.2) is 30.3 Å². The molecule has 1 unspecified atom stereocenters. The van der Waals surface area contributed by atoms with Crippen LogP contribution < -0.4 is 0 Å². The molecule has 1 atom stereocenters. The van der Waals surface area contributed by atoms with Crippen molar-refractivity contribution >= 4 is 0 Å². The first-order valence-electron chi connectivity index (χ1n) is 7.94. The van der Waals surface area contributed by atoms with E-state index in [4.69, 9.17) is 9.84 Å². The standard InChI is InChI=1S/C17H28N2O2/c1-18(10-12-21-13-11-20)17-8-5-9-19(15-17)14-16-6-3-2-4-7-16/h2-4,6-7,17,20H,5,8-15H2,1H3. The Labute approximate surface area is 128 Å². The number of piperidine rings is 1. The fourth-order valence-corrected chi connectivity index (χ4v) is 2.93. The minimum absolute atomic E-state index is 0.109. The minimum atomic E-state index is 0.109. The third-order valence-electron chi connectivity index (χ3n) is 4.18. The van der Waals surface area contributed by atoms with Crippen molar-refractivity contribution in [3.05, 3.63) is 35.9 Å². The Kier molecular flexibility index (Phi) is 7.16. The van der Waals surface area contributed by atoms with Crippen molar-refractivity contribution in [2.75, 3.05) is 46.5 Å². The van der Waals surface area contributed by atoms with Crippen LogP contribution in [0.25, 0.3) is 0 Å². The maximum atomic E-state index is 8.71. The van der Waals surface area contributed by atoms with Gasteiger partial charge < -0.3 is 9.84 Å². The molecule has 0 radical (unpaired) electrons. The van der Waals surface area contributed by atoms with Gasteiger partial charge in [0.05, 0.1) is 19.8 Å². The SMILES string of the molecule is CN(CCOCCO)C1CCCN(Cc2ccccc2)C1. The first-order valence-corrected chi connectivity index (χ1v) is 7.94. The van der Waals surface area contributed by atoms with Crippen LogP contribution >= 0.6 is 0 Å². The third kappa shape index (κ3) is 5.75. The van der Waals surface area contributed by atoms with Gasteiger partial charge in [-0.2, -0.15) is 0 Å². The summed E-state index contributed by atoms with van der Waals surface area (Å²) in [4.78, 5) is 4.95. The Balaban J connectivity index is 1.74. The summed E-state index contributed by atoms with van der Waals surface area (Å²) in [5.74, 6) is 0. The van der Waals surface area contributed by atoms with Gasteiger partial charge in [-0.3, -0.25) is 9.80 Å². The number of ether oxygens (including phenoxy) is 1. The summed E-state index contributed by atoms with van der Waals surface area (Å²) >= 11 is 0. The van der Waals surface area contributed by atoms with E-state index < -0.39 is 0 Å². The van der Waals surface area contributed by atoms with E-state index in [1.807, 2.05) is 0 Å². The summed E-state index contributed by atoms with van der Waals surface area (Å²) in [5, 5.41) is 8.71. The van der Waals surface area contributed by atoms with Crippen LogP contribution in [-0.4, -0.2) is 67.5 Å². The van der Waals surface area contributed by atoms with Gasteiger partial charge in [-0.15, -0.1) is 0 Å². The van der Waals surface area contributed by atoms with E-state index in [9.17, 15) is 0 Å². The van der Waals surface area contributed by atoms with Crippen LogP contribution in [0.1, 0.15) is 18.4 Å². The second-order valence-electron chi connectivity index (χ2n) is 5.83. The van der Waals surface area contributed by atoms with E-state index >= 15 is 0 Å². The monoisotopic (exact) mass is 292 g/mol. The van der Waals surface area contributed by atoms with Crippen LogP contribution in [0.5, 0.6) is 0 Å². The minimum Gasteiger partial charge on any atom is -0.394 e. The topological polar surface area (TPSA) is 35.9 Å². The lowest BCUT2D eigenvalue weighted by atomic mass is 10.0. The fraction of sp³-hybridized carbons (Fsp3) is 0.647. The first-order chi connectivity index (χ1) is 10.3. The lowest BCUT2D eigenvalue weighted by Crippen LogP contribution is -2.47. The summed E-state index contributed by atoms with van der Waals surface area (Å²) < 4.78 is 5.36. The number of nitrogens with zero attached hydrogens (tertiary/aromatic N) is 2. The molecule has 2 rings (SSSR count). The molecule has 1 heterocycles. The van der Waals surface area contributed by atoms with E-state index in [1.54, 1.807) is 0 Å². The largest absolute Gasteiger partial charge is 0.394 e. The highest BCUT2D eigenvalue weighted by molar-refractivity contribution is 5.14. The molecule has 1 aromatic carbocycles. The van der Waals surface area contributed by atoms with Crippen molar-refractivity contribution in [2.24, 2.45) is 0 Å². The number of hydrogen-bond donors (Lipinski definition) is 1. The Morgan fingerprint density at radius 3 is 2.86 bits per heavy atom. The van der Waals surface area contributed by atoms with Crippen molar-refractivity contribution in [3.8, 4) is 0 Å². The zero-order chi connectivity index (χ0) is 14.9. The molecule has 1 aromatic rings. The van der Waals surface area contributed by atoms with Crippen LogP contribution in [0.2, 0.25) is 0 Å². The van der Waals surface area contributed by atoms with Crippen LogP contribution in [-0.2, 0) is 11.3 Å². The molecular weight excluding hydrogens is 264 g/mol. The molecule has 0 amide bonds. The highest BCUT2D eigenvalue weighted by atomic mass is 16.5. The smallest absolute Gasteiger partial charge is 0.0698 e. The Morgan fingerprint density at radius 2 is 2.10 bits per heavy atom. The maximum absolute atomic E-state index is 8.71. The summed E-state index contributed by atoms with van der Waals surface area (Å²) in [6, 6.07) is 11.3. The average Bonchev–Trinajstić information content (AvgIpc) is 2.53. The molecule has 1 N–H and O–H groups in total. The number of rotatable bonds is 8. The highest BCUT2D eigenvalue weighted by Crippen LogP contribution is 2.17.